The predicted molar refractivity (Wildman–Crippen MR) is 93.6 cm³/mol. The van der Waals surface area contributed by atoms with Gasteiger partial charge in [-0.2, -0.15) is 0 Å². The van der Waals surface area contributed by atoms with Crippen molar-refractivity contribution in [2.24, 2.45) is 10.7 Å². The zero-order valence-electron chi connectivity index (χ0n) is 13.4. The molecule has 1 aliphatic heterocycles. The molecule has 3 heterocycles. The third kappa shape index (κ3) is 4.18. The van der Waals surface area contributed by atoms with Crippen molar-refractivity contribution in [1.29, 1.82) is 0 Å². The summed E-state index contributed by atoms with van der Waals surface area (Å²) in [7, 11) is 0. The number of aryl methyl sites for hydroxylation is 1. The molecule has 0 aliphatic carbocycles. The molecule has 0 unspecified atom stereocenters. The van der Waals surface area contributed by atoms with Gasteiger partial charge in [-0.15, -0.1) is 0 Å². The highest BCUT2D eigenvalue weighted by Crippen LogP contribution is 2.20. The largest absolute Gasteiger partial charge is 0.370 e. The van der Waals surface area contributed by atoms with Crippen molar-refractivity contribution in [2.45, 2.75) is 26.3 Å². The summed E-state index contributed by atoms with van der Waals surface area (Å²) in [5, 5.41) is 2.99. The molecule has 0 spiro atoms. The zero-order chi connectivity index (χ0) is 16.1. The van der Waals surface area contributed by atoms with Gasteiger partial charge in [-0.1, -0.05) is 6.07 Å². The topological polar surface area (TPSA) is 79.4 Å². The molecule has 0 aromatic carbocycles. The van der Waals surface area contributed by atoms with E-state index < -0.39 is 0 Å². The normalized spacial score (nSPS) is 15.0. The summed E-state index contributed by atoms with van der Waals surface area (Å²) in [5.74, 6) is 2.10. The van der Waals surface area contributed by atoms with Gasteiger partial charge in [-0.05, 0) is 49.6 Å². The maximum atomic E-state index is 5.92. The fourth-order valence-electron chi connectivity index (χ4n) is 2.70. The van der Waals surface area contributed by atoms with Gasteiger partial charge >= 0.3 is 0 Å². The van der Waals surface area contributed by atoms with Crippen molar-refractivity contribution >= 4 is 17.6 Å². The van der Waals surface area contributed by atoms with E-state index in [9.17, 15) is 0 Å². The van der Waals surface area contributed by atoms with Gasteiger partial charge < -0.3 is 16.0 Å². The van der Waals surface area contributed by atoms with E-state index in [0.29, 0.717) is 18.3 Å². The lowest BCUT2D eigenvalue weighted by molar-refractivity contribution is 0.918. The molecule has 1 fully saturated rings. The van der Waals surface area contributed by atoms with E-state index >= 15 is 0 Å². The van der Waals surface area contributed by atoms with E-state index in [1.54, 1.807) is 6.20 Å². The lowest BCUT2D eigenvalue weighted by Crippen LogP contribution is -2.23. The number of guanidine groups is 1. The minimum Gasteiger partial charge on any atom is -0.370 e. The average molecular weight is 310 g/mol. The van der Waals surface area contributed by atoms with E-state index in [-0.39, 0.29) is 0 Å². The van der Waals surface area contributed by atoms with Crippen LogP contribution in [0.15, 0.2) is 41.5 Å². The van der Waals surface area contributed by atoms with Gasteiger partial charge in [0.25, 0.3) is 0 Å². The molecule has 1 saturated heterocycles. The van der Waals surface area contributed by atoms with E-state index in [1.807, 2.05) is 25.1 Å². The van der Waals surface area contributed by atoms with Gasteiger partial charge in [0.1, 0.15) is 11.6 Å². The molecule has 23 heavy (non-hydrogen) atoms. The van der Waals surface area contributed by atoms with Crippen molar-refractivity contribution < 1.29 is 0 Å². The number of aromatic nitrogens is 2. The SMILES string of the molecule is Cc1cc(CN=C(N)Nc2ccccn2)cc(N2CCCC2)n1. The summed E-state index contributed by atoms with van der Waals surface area (Å²) in [6.07, 6.45) is 4.19. The molecule has 120 valence electrons. The Kier molecular flexibility index (Phi) is 4.71. The molecule has 2 aromatic rings. The van der Waals surface area contributed by atoms with Crippen molar-refractivity contribution in [3.8, 4) is 0 Å². The number of nitrogens with two attached hydrogens (primary N) is 1. The quantitative estimate of drug-likeness (QED) is 0.669. The van der Waals surface area contributed by atoms with Crippen molar-refractivity contribution in [3.05, 3.63) is 47.8 Å². The molecule has 6 nitrogen and oxygen atoms in total. The number of pyridine rings is 2. The van der Waals surface area contributed by atoms with Crippen LogP contribution in [0.1, 0.15) is 24.1 Å². The Morgan fingerprint density at radius 1 is 1.30 bits per heavy atom. The van der Waals surface area contributed by atoms with Gasteiger partial charge in [0.05, 0.1) is 6.54 Å². The Balaban J connectivity index is 1.68. The maximum Gasteiger partial charge on any atom is 0.194 e. The van der Waals surface area contributed by atoms with Gasteiger partial charge in [-0.25, -0.2) is 15.0 Å². The first kappa shape index (κ1) is 15.3. The molecular weight excluding hydrogens is 288 g/mol. The van der Waals surface area contributed by atoms with Gasteiger partial charge in [0.15, 0.2) is 5.96 Å². The Morgan fingerprint density at radius 3 is 2.87 bits per heavy atom. The summed E-state index contributed by atoms with van der Waals surface area (Å²) < 4.78 is 0. The van der Waals surface area contributed by atoms with Crippen molar-refractivity contribution in [1.82, 2.24) is 9.97 Å². The molecule has 0 radical (unpaired) electrons. The standard InChI is InChI=1S/C17H22N6/c1-13-10-14(11-16(21-13)23-8-4-5-9-23)12-20-17(18)22-15-6-2-3-7-19-15/h2-3,6-7,10-11H,4-5,8-9,12H2,1H3,(H3,18,19,20,22). The number of nitrogens with zero attached hydrogens (tertiary/aromatic N) is 4. The first-order valence-electron chi connectivity index (χ1n) is 7.91. The second kappa shape index (κ2) is 7.09. The molecule has 3 N–H and O–H groups in total. The van der Waals surface area contributed by atoms with E-state index in [1.165, 1.54) is 12.8 Å². The summed E-state index contributed by atoms with van der Waals surface area (Å²) in [6, 6.07) is 9.77. The number of hydrogen-bond donors (Lipinski definition) is 2. The molecule has 0 atom stereocenters. The zero-order valence-corrected chi connectivity index (χ0v) is 13.4. The van der Waals surface area contributed by atoms with Crippen LogP contribution in [0.4, 0.5) is 11.6 Å². The second-order valence-electron chi connectivity index (χ2n) is 5.71. The van der Waals surface area contributed by atoms with Crippen LogP contribution in [0.3, 0.4) is 0 Å². The van der Waals surface area contributed by atoms with Crippen LogP contribution in [0, 0.1) is 6.92 Å². The van der Waals surface area contributed by atoms with Gasteiger partial charge in [0.2, 0.25) is 0 Å². The lowest BCUT2D eigenvalue weighted by Gasteiger charge is -2.17. The predicted octanol–water partition coefficient (Wildman–Crippen LogP) is 2.31. The minimum atomic E-state index is 0.362. The van der Waals surface area contributed by atoms with Crippen molar-refractivity contribution in [2.75, 3.05) is 23.3 Å². The fraction of sp³-hybridized carbons (Fsp3) is 0.353. The highest BCUT2D eigenvalue weighted by atomic mass is 15.2. The lowest BCUT2D eigenvalue weighted by atomic mass is 10.2. The van der Waals surface area contributed by atoms with Gasteiger partial charge in [0, 0.05) is 25.0 Å². The van der Waals surface area contributed by atoms with Crippen LogP contribution in [0.2, 0.25) is 0 Å². The summed E-state index contributed by atoms with van der Waals surface area (Å²) in [5.41, 5.74) is 8.05. The average Bonchev–Trinajstić information content (AvgIpc) is 3.08. The number of hydrogen-bond acceptors (Lipinski definition) is 4. The van der Waals surface area contributed by atoms with Crippen LogP contribution >= 0.6 is 0 Å². The number of aliphatic imine (C=N–C) groups is 1. The van der Waals surface area contributed by atoms with Gasteiger partial charge in [-0.3, -0.25) is 0 Å². The Hall–Kier alpha value is -2.63. The smallest absolute Gasteiger partial charge is 0.194 e. The van der Waals surface area contributed by atoms with E-state index in [0.717, 1.165) is 30.2 Å². The molecule has 2 aromatic heterocycles. The molecule has 6 heteroatoms. The van der Waals surface area contributed by atoms with Crippen LogP contribution in [0.25, 0.3) is 0 Å². The van der Waals surface area contributed by atoms with Crippen molar-refractivity contribution in [3.63, 3.8) is 0 Å². The van der Waals surface area contributed by atoms with Crippen LogP contribution < -0.4 is 16.0 Å². The Morgan fingerprint density at radius 2 is 2.13 bits per heavy atom. The summed E-state index contributed by atoms with van der Waals surface area (Å²) in [6.45, 7) is 4.71. The summed E-state index contributed by atoms with van der Waals surface area (Å²) in [4.78, 5) is 15.5. The minimum absolute atomic E-state index is 0.362. The first-order chi connectivity index (χ1) is 11.2. The van der Waals surface area contributed by atoms with Crippen LogP contribution in [-0.4, -0.2) is 29.0 Å². The Bertz CT molecular complexity index is 677. The fourth-order valence-corrected chi connectivity index (χ4v) is 2.70. The van der Waals surface area contributed by atoms with E-state index in [2.05, 4.69) is 37.3 Å². The third-order valence-electron chi connectivity index (χ3n) is 3.78. The Labute approximate surface area is 136 Å². The molecule has 0 saturated carbocycles. The highest BCUT2D eigenvalue weighted by Gasteiger charge is 2.14. The van der Waals surface area contributed by atoms with Crippen LogP contribution in [0.5, 0.6) is 0 Å². The van der Waals surface area contributed by atoms with E-state index in [4.69, 9.17) is 5.73 Å². The van der Waals surface area contributed by atoms with Crippen LogP contribution in [-0.2, 0) is 6.54 Å². The number of rotatable bonds is 4. The third-order valence-corrected chi connectivity index (χ3v) is 3.78. The highest BCUT2D eigenvalue weighted by molar-refractivity contribution is 5.91. The second-order valence-corrected chi connectivity index (χ2v) is 5.71. The summed E-state index contributed by atoms with van der Waals surface area (Å²) >= 11 is 0. The molecular formula is C17H22N6. The number of nitrogens with one attached hydrogen (secondary N) is 1. The first-order valence-corrected chi connectivity index (χ1v) is 7.91. The molecule has 3 rings (SSSR count). The molecule has 0 amide bonds. The molecule has 1 aliphatic rings. The number of anilines is 2. The monoisotopic (exact) mass is 310 g/mol. The molecule has 0 bridgehead atoms. The maximum absolute atomic E-state index is 5.92.